The summed E-state index contributed by atoms with van der Waals surface area (Å²) in [6.45, 7) is 9.25. The fourth-order valence-electron chi connectivity index (χ4n) is 0.812. The Balaban J connectivity index is 3.88. The summed E-state index contributed by atoms with van der Waals surface area (Å²) in [4.78, 5) is 0. The van der Waals surface area contributed by atoms with Gasteiger partial charge in [-0.2, -0.15) is 0 Å². The minimum Gasteiger partial charge on any atom is -0.243 e. The predicted octanol–water partition coefficient (Wildman–Crippen LogP) is 3.46. The van der Waals surface area contributed by atoms with E-state index in [9.17, 15) is 4.39 Å². The second-order valence-electron chi connectivity index (χ2n) is 3.01. The van der Waals surface area contributed by atoms with Crippen LogP contribution in [0.1, 0.15) is 27.2 Å². The standard InChI is InChI=1S/C10H16F/c1-5-9(4)7-10(11)6-8(2)3/h5-6,10H,1,7H2,2-4H3/b9-5+. The van der Waals surface area contributed by atoms with Crippen molar-refractivity contribution < 1.29 is 4.39 Å². The molecule has 0 spiro atoms. The Labute approximate surface area is 68.8 Å². The highest BCUT2D eigenvalue weighted by Gasteiger charge is 2.01. The van der Waals surface area contributed by atoms with E-state index in [1.807, 2.05) is 20.8 Å². The van der Waals surface area contributed by atoms with Crippen LogP contribution in [0.15, 0.2) is 23.3 Å². The van der Waals surface area contributed by atoms with Crippen molar-refractivity contribution in [3.63, 3.8) is 0 Å². The van der Waals surface area contributed by atoms with Crippen LogP contribution in [-0.2, 0) is 0 Å². The van der Waals surface area contributed by atoms with E-state index in [1.165, 1.54) is 0 Å². The van der Waals surface area contributed by atoms with Gasteiger partial charge in [-0.15, -0.1) is 0 Å². The zero-order valence-electron chi connectivity index (χ0n) is 7.52. The van der Waals surface area contributed by atoms with Crippen molar-refractivity contribution in [3.8, 4) is 0 Å². The maximum atomic E-state index is 12.9. The van der Waals surface area contributed by atoms with E-state index in [0.717, 1.165) is 11.1 Å². The number of halogens is 1. The van der Waals surface area contributed by atoms with E-state index in [0.29, 0.717) is 6.42 Å². The minimum atomic E-state index is -0.849. The third-order valence-corrected chi connectivity index (χ3v) is 1.38. The lowest BCUT2D eigenvalue weighted by molar-refractivity contribution is 0.396. The molecule has 0 aliphatic heterocycles. The molecule has 0 aromatic carbocycles. The van der Waals surface area contributed by atoms with E-state index in [-0.39, 0.29) is 0 Å². The van der Waals surface area contributed by atoms with Gasteiger partial charge < -0.3 is 0 Å². The first-order chi connectivity index (χ1) is 5.06. The van der Waals surface area contributed by atoms with Crippen LogP contribution in [0.5, 0.6) is 0 Å². The van der Waals surface area contributed by atoms with E-state index < -0.39 is 6.17 Å². The van der Waals surface area contributed by atoms with Crippen LogP contribution in [0.25, 0.3) is 0 Å². The van der Waals surface area contributed by atoms with Gasteiger partial charge in [0.1, 0.15) is 6.17 Å². The monoisotopic (exact) mass is 155 g/mol. The molecule has 0 aliphatic carbocycles. The van der Waals surface area contributed by atoms with Crippen LogP contribution >= 0.6 is 0 Å². The molecule has 0 fully saturated rings. The second kappa shape index (κ2) is 5.11. The van der Waals surface area contributed by atoms with Gasteiger partial charge in [0.2, 0.25) is 0 Å². The Morgan fingerprint density at radius 3 is 2.36 bits per heavy atom. The van der Waals surface area contributed by atoms with E-state index in [2.05, 4.69) is 6.92 Å². The molecule has 0 saturated carbocycles. The molecule has 1 heteroatoms. The molecule has 11 heavy (non-hydrogen) atoms. The highest BCUT2D eigenvalue weighted by atomic mass is 19.1. The summed E-state index contributed by atoms with van der Waals surface area (Å²) in [5.74, 6) is 0. The first-order valence-electron chi connectivity index (χ1n) is 3.80. The molecule has 0 N–H and O–H groups in total. The third kappa shape index (κ3) is 5.84. The van der Waals surface area contributed by atoms with E-state index in [4.69, 9.17) is 0 Å². The van der Waals surface area contributed by atoms with Gasteiger partial charge in [-0.3, -0.25) is 0 Å². The molecule has 0 bridgehead atoms. The average molecular weight is 155 g/mol. The van der Waals surface area contributed by atoms with Crippen LogP contribution in [0.2, 0.25) is 0 Å². The lowest BCUT2D eigenvalue weighted by Gasteiger charge is -2.02. The van der Waals surface area contributed by atoms with Crippen molar-refractivity contribution in [3.05, 3.63) is 30.2 Å². The van der Waals surface area contributed by atoms with Crippen molar-refractivity contribution in [1.29, 1.82) is 0 Å². The quantitative estimate of drug-likeness (QED) is 0.547. The fraction of sp³-hybridized carbons (Fsp3) is 0.500. The Morgan fingerprint density at radius 2 is 2.00 bits per heavy atom. The molecule has 1 atom stereocenters. The third-order valence-electron chi connectivity index (χ3n) is 1.38. The van der Waals surface area contributed by atoms with Crippen molar-refractivity contribution in [2.24, 2.45) is 0 Å². The second-order valence-corrected chi connectivity index (χ2v) is 3.01. The SMILES string of the molecule is [CH2]/C=C(\C)CC(F)C=C(C)C. The molecule has 0 aromatic heterocycles. The topological polar surface area (TPSA) is 0 Å². The Morgan fingerprint density at radius 1 is 1.45 bits per heavy atom. The van der Waals surface area contributed by atoms with Crippen LogP contribution < -0.4 is 0 Å². The molecule has 0 aromatic rings. The molecular formula is C10H16F. The number of allylic oxidation sites excluding steroid dienone is 4. The summed E-state index contributed by atoms with van der Waals surface area (Å²) in [6.07, 6.45) is 2.95. The van der Waals surface area contributed by atoms with E-state index in [1.54, 1.807) is 12.2 Å². The van der Waals surface area contributed by atoms with Crippen LogP contribution in [0.3, 0.4) is 0 Å². The van der Waals surface area contributed by atoms with Gasteiger partial charge in [0.15, 0.2) is 0 Å². The maximum absolute atomic E-state index is 12.9. The summed E-state index contributed by atoms with van der Waals surface area (Å²) < 4.78 is 12.9. The largest absolute Gasteiger partial charge is 0.243 e. The average Bonchev–Trinajstić information content (AvgIpc) is 1.85. The highest BCUT2D eigenvalue weighted by molar-refractivity contribution is 5.07. The molecule has 0 aliphatic rings. The zero-order valence-corrected chi connectivity index (χ0v) is 7.52. The lowest BCUT2D eigenvalue weighted by atomic mass is 10.1. The van der Waals surface area contributed by atoms with Crippen molar-refractivity contribution in [1.82, 2.24) is 0 Å². The Bertz CT molecular complexity index is 162. The van der Waals surface area contributed by atoms with E-state index >= 15 is 0 Å². The van der Waals surface area contributed by atoms with Gasteiger partial charge in [-0.1, -0.05) is 23.3 Å². The van der Waals surface area contributed by atoms with Gasteiger partial charge in [0.25, 0.3) is 0 Å². The molecule has 0 nitrogen and oxygen atoms in total. The maximum Gasteiger partial charge on any atom is 0.122 e. The summed E-state index contributed by atoms with van der Waals surface area (Å²) in [5, 5.41) is 0. The Hall–Kier alpha value is -0.590. The molecule has 1 unspecified atom stereocenters. The molecule has 0 saturated heterocycles. The summed E-state index contributed by atoms with van der Waals surface area (Å²) in [7, 11) is 0. The number of hydrogen-bond acceptors (Lipinski definition) is 0. The number of hydrogen-bond donors (Lipinski definition) is 0. The number of rotatable bonds is 3. The molecule has 63 valence electrons. The fourth-order valence-corrected chi connectivity index (χ4v) is 0.812. The van der Waals surface area contributed by atoms with Crippen LogP contribution in [0.4, 0.5) is 4.39 Å². The van der Waals surface area contributed by atoms with Gasteiger partial charge >= 0.3 is 0 Å². The van der Waals surface area contributed by atoms with Gasteiger partial charge in [0.05, 0.1) is 0 Å². The molecule has 0 amide bonds. The molecular weight excluding hydrogens is 139 g/mol. The summed E-state index contributed by atoms with van der Waals surface area (Å²) >= 11 is 0. The highest BCUT2D eigenvalue weighted by Crippen LogP contribution is 2.10. The normalized spacial score (nSPS) is 14.5. The first-order valence-corrected chi connectivity index (χ1v) is 3.80. The van der Waals surface area contributed by atoms with Crippen LogP contribution in [0, 0.1) is 6.92 Å². The van der Waals surface area contributed by atoms with Gasteiger partial charge in [-0.25, -0.2) is 4.39 Å². The summed E-state index contributed by atoms with van der Waals surface area (Å²) in [6, 6.07) is 0. The molecule has 1 radical (unpaired) electrons. The smallest absolute Gasteiger partial charge is 0.122 e. The first kappa shape index (κ1) is 10.4. The van der Waals surface area contributed by atoms with Crippen molar-refractivity contribution in [2.45, 2.75) is 33.4 Å². The zero-order chi connectivity index (χ0) is 8.85. The molecule has 0 rings (SSSR count). The predicted molar refractivity (Wildman–Crippen MR) is 48.1 cm³/mol. The molecule has 0 heterocycles. The lowest BCUT2D eigenvalue weighted by Crippen LogP contribution is -1.96. The number of alkyl halides is 1. The summed E-state index contributed by atoms with van der Waals surface area (Å²) in [5.41, 5.74) is 2.02. The van der Waals surface area contributed by atoms with Gasteiger partial charge in [0, 0.05) is 6.42 Å². The Kier molecular flexibility index (Phi) is 4.84. The van der Waals surface area contributed by atoms with Crippen molar-refractivity contribution in [2.75, 3.05) is 0 Å². The minimum absolute atomic E-state index is 0.467. The van der Waals surface area contributed by atoms with Gasteiger partial charge in [-0.05, 0) is 27.7 Å². The van der Waals surface area contributed by atoms with Crippen molar-refractivity contribution >= 4 is 0 Å². The van der Waals surface area contributed by atoms with Crippen LogP contribution in [-0.4, -0.2) is 6.17 Å².